The Hall–Kier alpha value is -1.12. The van der Waals surface area contributed by atoms with Crippen LogP contribution < -0.4 is 5.73 Å². The number of hydrogen-bond acceptors (Lipinski definition) is 1. The molecule has 1 nitrogen and oxygen atoms in total. The van der Waals surface area contributed by atoms with Crippen LogP contribution in [0.1, 0.15) is 36.6 Å². The van der Waals surface area contributed by atoms with E-state index in [0.29, 0.717) is 5.92 Å². The first-order valence-corrected chi connectivity index (χ1v) is 7.93. The van der Waals surface area contributed by atoms with Crippen molar-refractivity contribution in [1.82, 2.24) is 0 Å². The third-order valence-electron chi connectivity index (χ3n) is 3.42. The molecule has 0 aliphatic rings. The SMILES string of the molecule is CC(C)Cc1cccc(C(N)Cc2ccccc2Br)c1. The van der Waals surface area contributed by atoms with Gasteiger partial charge in [0.25, 0.3) is 0 Å². The predicted molar refractivity (Wildman–Crippen MR) is 89.8 cm³/mol. The van der Waals surface area contributed by atoms with Crippen LogP contribution in [0, 0.1) is 5.92 Å². The number of hydrogen-bond donors (Lipinski definition) is 1. The van der Waals surface area contributed by atoms with E-state index in [9.17, 15) is 0 Å². The molecule has 0 aliphatic heterocycles. The molecule has 2 N–H and O–H groups in total. The topological polar surface area (TPSA) is 26.0 Å². The van der Waals surface area contributed by atoms with Gasteiger partial charge < -0.3 is 5.73 Å². The standard InChI is InChI=1S/C18H22BrN/c1-13(2)10-14-6-5-8-16(11-14)18(20)12-15-7-3-4-9-17(15)19/h3-9,11,13,18H,10,12,20H2,1-2H3. The zero-order chi connectivity index (χ0) is 14.5. The van der Waals surface area contributed by atoms with E-state index >= 15 is 0 Å². The number of rotatable bonds is 5. The Kier molecular flexibility index (Phi) is 5.38. The van der Waals surface area contributed by atoms with Crippen molar-refractivity contribution >= 4 is 15.9 Å². The minimum absolute atomic E-state index is 0.0424. The second-order valence-electron chi connectivity index (χ2n) is 5.75. The van der Waals surface area contributed by atoms with Gasteiger partial charge in [0.1, 0.15) is 0 Å². The predicted octanol–water partition coefficient (Wildman–Crippen LogP) is 4.89. The smallest absolute Gasteiger partial charge is 0.0336 e. The molecule has 0 aliphatic carbocycles. The van der Waals surface area contributed by atoms with E-state index in [1.165, 1.54) is 16.7 Å². The molecule has 0 aromatic heterocycles. The van der Waals surface area contributed by atoms with Crippen molar-refractivity contribution in [3.05, 3.63) is 69.7 Å². The number of halogens is 1. The maximum absolute atomic E-state index is 6.37. The third kappa shape index (κ3) is 4.19. The summed E-state index contributed by atoms with van der Waals surface area (Å²) in [5.41, 5.74) is 10.2. The van der Waals surface area contributed by atoms with Gasteiger partial charge in [-0.05, 0) is 41.5 Å². The van der Waals surface area contributed by atoms with Crippen molar-refractivity contribution in [2.75, 3.05) is 0 Å². The van der Waals surface area contributed by atoms with E-state index in [1.54, 1.807) is 0 Å². The van der Waals surface area contributed by atoms with Crippen LogP contribution in [-0.4, -0.2) is 0 Å². The minimum Gasteiger partial charge on any atom is -0.324 e. The van der Waals surface area contributed by atoms with Gasteiger partial charge in [0.15, 0.2) is 0 Å². The first-order valence-electron chi connectivity index (χ1n) is 7.14. The van der Waals surface area contributed by atoms with Gasteiger partial charge in [0, 0.05) is 10.5 Å². The van der Waals surface area contributed by atoms with Crippen LogP contribution in [0.4, 0.5) is 0 Å². The molecule has 1 unspecified atom stereocenters. The van der Waals surface area contributed by atoms with Crippen LogP contribution in [0.3, 0.4) is 0 Å². The molecule has 2 rings (SSSR count). The van der Waals surface area contributed by atoms with Crippen LogP contribution in [0.2, 0.25) is 0 Å². The fourth-order valence-corrected chi connectivity index (χ4v) is 2.89. The second kappa shape index (κ2) is 7.05. The third-order valence-corrected chi connectivity index (χ3v) is 4.19. The van der Waals surface area contributed by atoms with Crippen LogP contribution in [0.25, 0.3) is 0 Å². The normalized spacial score (nSPS) is 12.7. The Morgan fingerprint density at radius 2 is 1.75 bits per heavy atom. The van der Waals surface area contributed by atoms with E-state index < -0.39 is 0 Å². The molecule has 106 valence electrons. The van der Waals surface area contributed by atoms with Gasteiger partial charge >= 0.3 is 0 Å². The van der Waals surface area contributed by atoms with Crippen molar-refractivity contribution in [2.45, 2.75) is 32.7 Å². The monoisotopic (exact) mass is 331 g/mol. The average molecular weight is 332 g/mol. The van der Waals surface area contributed by atoms with Crippen LogP contribution in [0.5, 0.6) is 0 Å². The van der Waals surface area contributed by atoms with Crippen molar-refractivity contribution in [3.8, 4) is 0 Å². The molecule has 1 atom stereocenters. The minimum atomic E-state index is 0.0424. The maximum atomic E-state index is 6.37. The fourth-order valence-electron chi connectivity index (χ4n) is 2.44. The fraction of sp³-hybridized carbons (Fsp3) is 0.333. The highest BCUT2D eigenvalue weighted by Gasteiger charge is 2.10. The van der Waals surface area contributed by atoms with E-state index in [-0.39, 0.29) is 6.04 Å². The molecule has 0 saturated heterocycles. The molecule has 0 fully saturated rings. The Bertz CT molecular complexity index is 563. The van der Waals surface area contributed by atoms with Gasteiger partial charge in [-0.1, -0.05) is 72.2 Å². The van der Waals surface area contributed by atoms with Crippen LogP contribution >= 0.6 is 15.9 Å². The first kappa shape index (κ1) is 15.3. The summed E-state index contributed by atoms with van der Waals surface area (Å²) in [5, 5.41) is 0. The summed E-state index contributed by atoms with van der Waals surface area (Å²) in [6.45, 7) is 4.49. The molecule has 0 amide bonds. The summed E-state index contributed by atoms with van der Waals surface area (Å²) in [4.78, 5) is 0. The summed E-state index contributed by atoms with van der Waals surface area (Å²) in [6, 6.07) is 17.0. The van der Waals surface area contributed by atoms with Crippen LogP contribution in [-0.2, 0) is 12.8 Å². The lowest BCUT2D eigenvalue weighted by Gasteiger charge is -2.15. The second-order valence-corrected chi connectivity index (χ2v) is 6.60. The Balaban J connectivity index is 2.13. The lowest BCUT2D eigenvalue weighted by atomic mass is 9.95. The Morgan fingerprint density at radius 1 is 1.00 bits per heavy atom. The van der Waals surface area contributed by atoms with Gasteiger partial charge in [-0.15, -0.1) is 0 Å². The Morgan fingerprint density at radius 3 is 2.45 bits per heavy atom. The van der Waals surface area contributed by atoms with Gasteiger partial charge in [0.05, 0.1) is 0 Å². The van der Waals surface area contributed by atoms with E-state index in [1.807, 2.05) is 6.07 Å². The molecule has 0 spiro atoms. The molecular weight excluding hydrogens is 310 g/mol. The van der Waals surface area contributed by atoms with Crippen molar-refractivity contribution in [2.24, 2.45) is 11.7 Å². The zero-order valence-corrected chi connectivity index (χ0v) is 13.7. The molecule has 2 heteroatoms. The van der Waals surface area contributed by atoms with E-state index in [0.717, 1.165) is 17.3 Å². The summed E-state index contributed by atoms with van der Waals surface area (Å²) >= 11 is 3.59. The average Bonchev–Trinajstić information content (AvgIpc) is 2.41. The highest BCUT2D eigenvalue weighted by Crippen LogP contribution is 2.23. The molecule has 20 heavy (non-hydrogen) atoms. The molecular formula is C18H22BrN. The summed E-state index contributed by atoms with van der Waals surface area (Å²) < 4.78 is 1.13. The summed E-state index contributed by atoms with van der Waals surface area (Å²) in [6.07, 6.45) is 1.96. The van der Waals surface area contributed by atoms with Gasteiger partial charge in [-0.25, -0.2) is 0 Å². The lowest BCUT2D eigenvalue weighted by molar-refractivity contribution is 0.644. The number of benzene rings is 2. The van der Waals surface area contributed by atoms with Gasteiger partial charge in [-0.3, -0.25) is 0 Å². The molecule has 2 aromatic rings. The Labute approximate surface area is 130 Å². The van der Waals surface area contributed by atoms with E-state index in [4.69, 9.17) is 5.73 Å². The van der Waals surface area contributed by atoms with Crippen LogP contribution in [0.15, 0.2) is 53.0 Å². The first-order chi connectivity index (χ1) is 9.56. The molecule has 0 radical (unpaired) electrons. The molecule has 2 aromatic carbocycles. The van der Waals surface area contributed by atoms with Gasteiger partial charge in [-0.2, -0.15) is 0 Å². The highest BCUT2D eigenvalue weighted by molar-refractivity contribution is 9.10. The lowest BCUT2D eigenvalue weighted by Crippen LogP contribution is -2.14. The van der Waals surface area contributed by atoms with Crippen molar-refractivity contribution in [3.63, 3.8) is 0 Å². The summed E-state index contributed by atoms with van der Waals surface area (Å²) in [7, 11) is 0. The van der Waals surface area contributed by atoms with Gasteiger partial charge in [0.2, 0.25) is 0 Å². The maximum Gasteiger partial charge on any atom is 0.0336 e. The largest absolute Gasteiger partial charge is 0.324 e. The molecule has 0 bridgehead atoms. The van der Waals surface area contributed by atoms with Crippen molar-refractivity contribution < 1.29 is 0 Å². The van der Waals surface area contributed by atoms with Crippen molar-refractivity contribution in [1.29, 1.82) is 0 Å². The highest BCUT2D eigenvalue weighted by atomic mass is 79.9. The molecule has 0 saturated carbocycles. The number of nitrogens with two attached hydrogens (primary N) is 1. The zero-order valence-electron chi connectivity index (χ0n) is 12.1. The quantitative estimate of drug-likeness (QED) is 0.829. The van der Waals surface area contributed by atoms with E-state index in [2.05, 4.69) is 72.2 Å². The summed E-state index contributed by atoms with van der Waals surface area (Å²) in [5.74, 6) is 0.671. The molecule has 0 heterocycles.